The Bertz CT molecular complexity index is 1090. The summed E-state index contributed by atoms with van der Waals surface area (Å²) in [7, 11) is 0. The molecule has 3 aromatic rings. The van der Waals surface area contributed by atoms with Gasteiger partial charge in [0.25, 0.3) is 11.8 Å². The van der Waals surface area contributed by atoms with Crippen molar-refractivity contribution in [2.45, 2.75) is 19.0 Å². The highest BCUT2D eigenvalue weighted by molar-refractivity contribution is 7.12. The van der Waals surface area contributed by atoms with Crippen LogP contribution in [0.5, 0.6) is 0 Å². The largest absolute Gasteiger partial charge is 0.417 e. The smallest absolute Gasteiger partial charge is 0.322 e. The lowest BCUT2D eigenvalue weighted by molar-refractivity contribution is -0.137. The van der Waals surface area contributed by atoms with E-state index in [9.17, 15) is 22.8 Å². The van der Waals surface area contributed by atoms with Gasteiger partial charge in [-0.3, -0.25) is 9.59 Å². The van der Waals surface area contributed by atoms with E-state index >= 15 is 0 Å². The number of hydrogen-bond donors (Lipinski definition) is 1. The second-order valence-electron chi connectivity index (χ2n) is 6.88. The predicted molar refractivity (Wildman–Crippen MR) is 110 cm³/mol. The van der Waals surface area contributed by atoms with E-state index in [0.717, 1.165) is 30.5 Å². The van der Waals surface area contributed by atoms with Gasteiger partial charge in [0.05, 0.1) is 16.0 Å². The number of halogens is 3. The van der Waals surface area contributed by atoms with Crippen molar-refractivity contribution in [1.82, 2.24) is 0 Å². The standard InChI is InChI=1S/C22H17F3N2O2S/c23-22(24,25)17-7-2-1-6-16(17)20(28)26-15-10-9-14-5-3-11-27(18(14)13-15)21(29)19-8-4-12-30-19/h1-2,4,6-10,12-13H,3,5,11H2,(H,26,28). The minimum absolute atomic E-state index is 0.128. The first kappa shape index (κ1) is 20.2. The highest BCUT2D eigenvalue weighted by Gasteiger charge is 2.35. The molecule has 154 valence electrons. The quantitative estimate of drug-likeness (QED) is 0.587. The summed E-state index contributed by atoms with van der Waals surface area (Å²) < 4.78 is 39.7. The number of hydrogen-bond acceptors (Lipinski definition) is 3. The maximum atomic E-state index is 13.2. The molecule has 0 spiro atoms. The van der Waals surface area contributed by atoms with Crippen molar-refractivity contribution in [2.24, 2.45) is 0 Å². The molecule has 0 atom stereocenters. The first-order valence-corrected chi connectivity index (χ1v) is 10.2. The molecular formula is C22H17F3N2O2S. The van der Waals surface area contributed by atoms with E-state index in [0.29, 0.717) is 22.8 Å². The van der Waals surface area contributed by atoms with Crippen LogP contribution in [0.3, 0.4) is 0 Å². The van der Waals surface area contributed by atoms with Crippen LogP contribution >= 0.6 is 11.3 Å². The lowest BCUT2D eigenvalue weighted by Crippen LogP contribution is -2.35. The summed E-state index contributed by atoms with van der Waals surface area (Å²) >= 11 is 1.35. The summed E-state index contributed by atoms with van der Waals surface area (Å²) in [6, 6.07) is 13.3. The Morgan fingerprint density at radius 3 is 2.57 bits per heavy atom. The number of thiophene rings is 1. The van der Waals surface area contributed by atoms with E-state index in [1.54, 1.807) is 35.2 Å². The van der Waals surface area contributed by atoms with E-state index < -0.39 is 23.2 Å². The Balaban J connectivity index is 1.63. The molecule has 1 aromatic heterocycles. The molecule has 0 radical (unpaired) electrons. The topological polar surface area (TPSA) is 49.4 Å². The van der Waals surface area contributed by atoms with E-state index in [4.69, 9.17) is 0 Å². The van der Waals surface area contributed by atoms with Gasteiger partial charge in [0.15, 0.2) is 0 Å². The fourth-order valence-corrected chi connectivity index (χ4v) is 4.20. The second kappa shape index (κ2) is 7.95. The van der Waals surface area contributed by atoms with Gasteiger partial charge >= 0.3 is 6.18 Å². The first-order valence-electron chi connectivity index (χ1n) is 9.30. The Hall–Kier alpha value is -3.13. The van der Waals surface area contributed by atoms with Gasteiger partial charge in [-0.2, -0.15) is 13.2 Å². The molecule has 0 fully saturated rings. The van der Waals surface area contributed by atoms with Crippen LogP contribution in [0.4, 0.5) is 24.5 Å². The summed E-state index contributed by atoms with van der Waals surface area (Å²) in [5.74, 6) is -0.980. The van der Waals surface area contributed by atoms with Crippen LogP contribution in [0.15, 0.2) is 60.0 Å². The van der Waals surface area contributed by atoms with Crippen LogP contribution in [0, 0.1) is 0 Å². The van der Waals surface area contributed by atoms with Crippen molar-refractivity contribution in [2.75, 3.05) is 16.8 Å². The molecule has 4 rings (SSSR count). The molecular weight excluding hydrogens is 413 g/mol. The lowest BCUT2D eigenvalue weighted by atomic mass is 10.0. The molecule has 1 N–H and O–H groups in total. The van der Waals surface area contributed by atoms with Crippen LogP contribution in [-0.2, 0) is 12.6 Å². The minimum Gasteiger partial charge on any atom is -0.322 e. The Labute approximate surface area is 174 Å². The minimum atomic E-state index is -4.63. The average Bonchev–Trinajstić information content (AvgIpc) is 3.27. The maximum Gasteiger partial charge on any atom is 0.417 e. The van der Waals surface area contributed by atoms with Crippen LogP contribution < -0.4 is 10.2 Å². The van der Waals surface area contributed by atoms with Crippen molar-refractivity contribution in [1.29, 1.82) is 0 Å². The average molecular weight is 430 g/mol. The number of benzene rings is 2. The van der Waals surface area contributed by atoms with Gasteiger partial charge in [-0.15, -0.1) is 11.3 Å². The molecule has 0 saturated heterocycles. The van der Waals surface area contributed by atoms with Crippen molar-refractivity contribution in [3.8, 4) is 0 Å². The molecule has 2 aromatic carbocycles. The summed E-state index contributed by atoms with van der Waals surface area (Å²) in [6.45, 7) is 0.540. The highest BCUT2D eigenvalue weighted by atomic mass is 32.1. The molecule has 0 aliphatic carbocycles. The van der Waals surface area contributed by atoms with E-state index in [-0.39, 0.29) is 5.91 Å². The number of fused-ring (bicyclic) bond motifs is 1. The molecule has 8 heteroatoms. The summed E-state index contributed by atoms with van der Waals surface area (Å²) in [6.07, 6.45) is -3.03. The molecule has 0 unspecified atom stereocenters. The number of aryl methyl sites for hydroxylation is 1. The van der Waals surface area contributed by atoms with E-state index in [1.807, 2.05) is 5.38 Å². The predicted octanol–water partition coefficient (Wildman–Crippen LogP) is 5.61. The van der Waals surface area contributed by atoms with Crippen molar-refractivity contribution in [3.05, 3.63) is 81.5 Å². The monoisotopic (exact) mass is 430 g/mol. The lowest BCUT2D eigenvalue weighted by Gasteiger charge is -2.29. The number of carbonyl (C=O) groups excluding carboxylic acids is 2. The fraction of sp³-hybridized carbons (Fsp3) is 0.182. The van der Waals surface area contributed by atoms with Crippen LogP contribution in [0.1, 0.15) is 37.6 Å². The van der Waals surface area contributed by atoms with Gasteiger partial charge < -0.3 is 10.2 Å². The van der Waals surface area contributed by atoms with Gasteiger partial charge in [-0.05, 0) is 54.1 Å². The van der Waals surface area contributed by atoms with Crippen molar-refractivity contribution >= 4 is 34.5 Å². The number of carbonyl (C=O) groups is 2. The first-order chi connectivity index (χ1) is 14.3. The van der Waals surface area contributed by atoms with Crippen LogP contribution in [0.2, 0.25) is 0 Å². The number of rotatable bonds is 3. The highest BCUT2D eigenvalue weighted by Crippen LogP contribution is 2.34. The van der Waals surface area contributed by atoms with Crippen LogP contribution in [0.25, 0.3) is 0 Å². The SMILES string of the molecule is O=C(Nc1ccc2c(c1)N(C(=O)c1cccs1)CCC2)c1ccccc1C(F)(F)F. The van der Waals surface area contributed by atoms with E-state index in [2.05, 4.69) is 5.32 Å². The fourth-order valence-electron chi connectivity index (χ4n) is 3.52. The molecule has 1 aliphatic rings. The third-order valence-electron chi connectivity index (χ3n) is 4.92. The number of anilines is 2. The molecule has 1 aliphatic heterocycles. The van der Waals surface area contributed by atoms with Gasteiger partial charge in [-0.1, -0.05) is 24.3 Å². The molecule has 0 bridgehead atoms. The molecule has 2 amide bonds. The van der Waals surface area contributed by atoms with E-state index in [1.165, 1.54) is 23.5 Å². The number of amides is 2. The Morgan fingerprint density at radius 1 is 1.03 bits per heavy atom. The van der Waals surface area contributed by atoms with Gasteiger partial charge in [0.2, 0.25) is 0 Å². The van der Waals surface area contributed by atoms with Gasteiger partial charge in [0, 0.05) is 17.9 Å². The number of nitrogens with zero attached hydrogens (tertiary/aromatic N) is 1. The Morgan fingerprint density at radius 2 is 1.83 bits per heavy atom. The number of alkyl halides is 3. The second-order valence-corrected chi connectivity index (χ2v) is 7.83. The maximum absolute atomic E-state index is 13.2. The zero-order valence-corrected chi connectivity index (χ0v) is 16.5. The van der Waals surface area contributed by atoms with Crippen molar-refractivity contribution in [3.63, 3.8) is 0 Å². The summed E-state index contributed by atoms with van der Waals surface area (Å²) in [5.41, 5.74) is 0.521. The van der Waals surface area contributed by atoms with Gasteiger partial charge in [0.1, 0.15) is 0 Å². The molecule has 2 heterocycles. The summed E-state index contributed by atoms with van der Waals surface area (Å²) in [5, 5.41) is 4.37. The van der Waals surface area contributed by atoms with Gasteiger partial charge in [-0.25, -0.2) is 0 Å². The third kappa shape index (κ3) is 3.95. The third-order valence-corrected chi connectivity index (χ3v) is 5.77. The van der Waals surface area contributed by atoms with Crippen LogP contribution in [-0.4, -0.2) is 18.4 Å². The molecule has 30 heavy (non-hydrogen) atoms. The zero-order valence-electron chi connectivity index (χ0n) is 15.7. The summed E-state index contributed by atoms with van der Waals surface area (Å²) in [4.78, 5) is 27.7. The normalized spacial score (nSPS) is 13.6. The van der Waals surface area contributed by atoms with Crippen molar-refractivity contribution < 1.29 is 22.8 Å². The zero-order chi connectivity index (χ0) is 21.3. The number of nitrogens with one attached hydrogen (secondary N) is 1. The Kier molecular flexibility index (Phi) is 5.34. The molecule has 4 nitrogen and oxygen atoms in total. The molecule has 0 saturated carbocycles.